The first kappa shape index (κ1) is 57.0. The van der Waals surface area contributed by atoms with Crippen molar-refractivity contribution in [3.05, 3.63) is 207 Å². The van der Waals surface area contributed by atoms with Crippen LogP contribution in [0.15, 0.2) is 129 Å². The lowest BCUT2D eigenvalue weighted by atomic mass is 10.1. The van der Waals surface area contributed by atoms with Gasteiger partial charge in [0.25, 0.3) is 22.2 Å². The Bertz CT molecular complexity index is 3830. The summed E-state index contributed by atoms with van der Waals surface area (Å²) in [5.41, 5.74) is 3.14. The number of benzene rings is 4. The maximum absolute atomic E-state index is 13.6. The van der Waals surface area contributed by atoms with Crippen molar-refractivity contribution in [2.24, 2.45) is 0 Å². The Morgan fingerprint density at radius 2 is 1.14 bits per heavy atom. The van der Waals surface area contributed by atoms with E-state index in [-0.39, 0.29) is 63.1 Å². The second-order valence-electron chi connectivity index (χ2n) is 17.9. The third-order valence-electron chi connectivity index (χ3n) is 12.2. The molecule has 0 saturated carbocycles. The van der Waals surface area contributed by atoms with Crippen LogP contribution in [-0.2, 0) is 21.3 Å². The molecule has 23 heteroatoms. The first-order chi connectivity index (χ1) is 38.1. The predicted octanol–water partition coefficient (Wildman–Crippen LogP) is 11.0. The summed E-state index contributed by atoms with van der Waals surface area (Å²) in [5.74, 6) is -0.154. The quantitative estimate of drug-likeness (QED) is 0.119. The van der Waals surface area contributed by atoms with Gasteiger partial charge in [-0.15, -0.1) is 0 Å². The average Bonchev–Trinajstić information content (AvgIpc) is 3.49. The van der Waals surface area contributed by atoms with Crippen molar-refractivity contribution in [2.75, 3.05) is 13.2 Å². The number of aromatic amines is 1. The second kappa shape index (κ2) is 26.4. The topological polar surface area (TPSA) is 235 Å². The summed E-state index contributed by atoms with van der Waals surface area (Å²) in [5, 5.41) is 28.1. The van der Waals surface area contributed by atoms with Crippen LogP contribution in [0.2, 0.25) is 10.0 Å². The molecule has 0 spiro atoms. The molecule has 1 N–H and O–H groups in total. The van der Waals surface area contributed by atoms with Crippen molar-refractivity contribution < 1.29 is 27.7 Å². The van der Waals surface area contributed by atoms with E-state index < -0.39 is 17.6 Å². The highest BCUT2D eigenvalue weighted by atomic mass is 79.9. The molecule has 6 heterocycles. The molecule has 79 heavy (non-hydrogen) atoms. The number of aromatic nitrogens is 8. The molecule has 2 aliphatic heterocycles. The van der Waals surface area contributed by atoms with Gasteiger partial charge in [0.2, 0.25) is 11.5 Å². The molecule has 0 radical (unpaired) electrons. The lowest BCUT2D eigenvalue weighted by molar-refractivity contribution is -0.0427. The number of aryl methyl sites for hydroxylation is 2. The Kier molecular flexibility index (Phi) is 19.1. The maximum atomic E-state index is 13.6. The molecular weight excluding hydrogens is 1130 g/mol. The van der Waals surface area contributed by atoms with E-state index in [0.29, 0.717) is 80.6 Å². The van der Waals surface area contributed by atoms with Crippen LogP contribution in [0.4, 0.5) is 8.78 Å². The summed E-state index contributed by atoms with van der Waals surface area (Å²) in [6, 6.07) is 27.8. The number of nitriles is 2. The van der Waals surface area contributed by atoms with Crippen molar-refractivity contribution in [1.82, 2.24) is 39.1 Å². The maximum Gasteiger partial charge on any atom is 0.296 e. The van der Waals surface area contributed by atoms with Crippen LogP contribution in [0.5, 0.6) is 23.0 Å². The number of halogens is 5. The van der Waals surface area contributed by atoms with Crippen LogP contribution in [0.1, 0.15) is 84.9 Å². The molecule has 2 fully saturated rings. The van der Waals surface area contributed by atoms with Gasteiger partial charge in [-0.2, -0.15) is 25.4 Å². The van der Waals surface area contributed by atoms with Crippen LogP contribution in [0, 0.1) is 48.1 Å². The Balaban J connectivity index is 0.000000173. The number of hydrogen-bond acceptors (Lipinski definition) is 14. The van der Waals surface area contributed by atoms with Gasteiger partial charge in [0.1, 0.15) is 23.1 Å². The van der Waals surface area contributed by atoms with E-state index in [4.69, 9.17) is 47.4 Å². The van der Waals surface area contributed by atoms with Crippen molar-refractivity contribution in [3.8, 4) is 57.4 Å². The van der Waals surface area contributed by atoms with Gasteiger partial charge < -0.3 is 23.9 Å². The van der Waals surface area contributed by atoms with Crippen LogP contribution >= 0.6 is 39.1 Å². The first-order valence-corrected chi connectivity index (χ1v) is 26.4. The number of hydrogen-bond donors (Lipinski definition) is 1. The van der Waals surface area contributed by atoms with E-state index in [1.54, 1.807) is 38.1 Å². The largest absolute Gasteiger partial charge is 0.450 e. The van der Waals surface area contributed by atoms with Crippen molar-refractivity contribution in [3.63, 3.8) is 0 Å². The fourth-order valence-corrected chi connectivity index (χ4v) is 9.05. The Labute approximate surface area is 468 Å². The predicted molar refractivity (Wildman–Crippen MR) is 293 cm³/mol. The number of nitrogens with zero attached hydrogens (tertiary/aromatic N) is 9. The normalized spacial score (nSPS) is 14.8. The fraction of sp³-hybridized carbons (Fsp3) is 0.250. The van der Waals surface area contributed by atoms with E-state index in [2.05, 4.69) is 41.1 Å². The zero-order chi connectivity index (χ0) is 56.2. The summed E-state index contributed by atoms with van der Waals surface area (Å²) in [6.07, 6.45) is 7.00. The van der Waals surface area contributed by atoms with Crippen LogP contribution in [0.25, 0.3) is 22.3 Å². The number of nitrogens with one attached hydrogen (secondary N) is 1. The van der Waals surface area contributed by atoms with E-state index >= 15 is 0 Å². The molecule has 0 bridgehead atoms. The standard InChI is InChI=1S/C28H23ClFN5O4.C16H16BrFN2O2.C12H8ClN3O2/c1-17-26(39-23-11-18(14-31)10-20(29)12-23)28(37)34(16-32-17)15-22-13-24(19-5-7-21(30)8-6-19)27(36)35(33-22)25-4-2-3-9-38-25;17-10-13-9-14(11-4-6-12(18)7-5-11)16(21)20(19-13)15-3-1-2-8-22-15;1-7-11(12(17)16-6-15-7)18-10-3-8(5-14)2-9(13)4-10/h5-8,10-13,16,25H,2-4,9,15H2,1H3;4-7,9,15H,1-3,8,10H2;2-4,6H,1H3,(H,15,16,17). The molecule has 0 aliphatic carbocycles. The Morgan fingerprint density at radius 3 is 1.61 bits per heavy atom. The highest BCUT2D eigenvalue weighted by Gasteiger charge is 2.24. The van der Waals surface area contributed by atoms with Gasteiger partial charge in [0.15, 0.2) is 12.5 Å². The Morgan fingerprint density at radius 1 is 0.658 bits per heavy atom. The van der Waals surface area contributed by atoms with Gasteiger partial charge in [0, 0.05) is 28.6 Å². The molecule has 2 unspecified atom stereocenters. The van der Waals surface area contributed by atoms with Crippen LogP contribution in [-0.4, -0.2) is 52.3 Å². The lowest BCUT2D eigenvalue weighted by Gasteiger charge is -2.24. The Hall–Kier alpha value is -8.18. The van der Waals surface area contributed by atoms with Crippen molar-refractivity contribution >= 4 is 39.1 Å². The molecule has 2 saturated heterocycles. The molecule has 18 nitrogen and oxygen atoms in total. The molecule has 4 aromatic carbocycles. The average molecular weight is 1180 g/mol. The lowest BCUT2D eigenvalue weighted by Crippen LogP contribution is -2.33. The number of alkyl halides is 1. The molecule has 8 aromatic rings. The molecule has 10 rings (SSSR count). The monoisotopic (exact) mass is 1170 g/mol. The number of H-pyrrole nitrogens is 1. The molecule has 2 atom stereocenters. The van der Waals surface area contributed by atoms with E-state index in [9.17, 15) is 33.2 Å². The van der Waals surface area contributed by atoms with E-state index in [1.165, 1.54) is 99.4 Å². The fourth-order valence-electron chi connectivity index (χ4n) is 8.33. The zero-order valence-electron chi connectivity index (χ0n) is 42.3. The molecular formula is C56H47BrCl2F2N10O8. The zero-order valence-corrected chi connectivity index (χ0v) is 45.4. The third-order valence-corrected chi connectivity index (χ3v) is 13.2. The molecule has 2 aliphatic rings. The highest BCUT2D eigenvalue weighted by molar-refractivity contribution is 9.08. The summed E-state index contributed by atoms with van der Waals surface area (Å²) in [6.45, 7) is 4.41. The second-order valence-corrected chi connectivity index (χ2v) is 19.3. The smallest absolute Gasteiger partial charge is 0.296 e. The van der Waals surface area contributed by atoms with Crippen LogP contribution < -0.4 is 31.7 Å². The van der Waals surface area contributed by atoms with Gasteiger partial charge in [-0.3, -0.25) is 23.7 Å². The summed E-state index contributed by atoms with van der Waals surface area (Å²) in [7, 11) is 0. The van der Waals surface area contributed by atoms with Gasteiger partial charge in [-0.1, -0.05) is 63.4 Å². The van der Waals surface area contributed by atoms with Gasteiger partial charge >= 0.3 is 0 Å². The summed E-state index contributed by atoms with van der Waals surface area (Å²) in [4.78, 5) is 61.8. The summed E-state index contributed by atoms with van der Waals surface area (Å²) < 4.78 is 53.5. The van der Waals surface area contributed by atoms with Gasteiger partial charge in [-0.25, -0.2) is 23.4 Å². The minimum absolute atomic E-state index is 0.0251. The van der Waals surface area contributed by atoms with E-state index in [0.717, 1.165) is 37.8 Å². The summed E-state index contributed by atoms with van der Waals surface area (Å²) >= 11 is 15.3. The molecule has 404 valence electrons. The minimum Gasteiger partial charge on any atom is -0.450 e. The van der Waals surface area contributed by atoms with Crippen LogP contribution in [0.3, 0.4) is 0 Å². The molecule has 0 amide bonds. The minimum atomic E-state index is -0.547. The van der Waals surface area contributed by atoms with Gasteiger partial charge in [-0.05, 0) is 136 Å². The van der Waals surface area contributed by atoms with Gasteiger partial charge in [0.05, 0.1) is 76.4 Å². The number of ether oxygens (including phenoxy) is 4. The van der Waals surface area contributed by atoms with E-state index in [1.807, 2.05) is 12.1 Å². The SMILES string of the molecule is Cc1nc[nH]c(=O)c1Oc1cc(Cl)cc(C#N)c1.Cc1ncn(Cc2cc(-c3ccc(F)cc3)c(=O)n(C3CCCCO3)n2)c(=O)c1Oc1cc(Cl)cc(C#N)c1.O=c1c(-c2ccc(F)cc2)cc(CBr)nn1C1CCCCO1. The van der Waals surface area contributed by atoms with Crippen molar-refractivity contribution in [1.29, 1.82) is 10.5 Å². The highest BCUT2D eigenvalue weighted by Crippen LogP contribution is 2.29. The van der Waals surface area contributed by atoms with Crippen molar-refractivity contribution in [2.45, 2.75) is 76.7 Å². The first-order valence-electron chi connectivity index (χ1n) is 24.5. The third kappa shape index (κ3) is 14.5. The molecule has 4 aromatic heterocycles. The number of rotatable bonds is 11.